The zero-order valence-electron chi connectivity index (χ0n) is 9.12. The van der Waals surface area contributed by atoms with Crippen LogP contribution in [-0.2, 0) is 0 Å². The lowest BCUT2D eigenvalue weighted by molar-refractivity contribution is 0.0695. The van der Waals surface area contributed by atoms with Gasteiger partial charge in [-0.2, -0.15) is 0 Å². The summed E-state index contributed by atoms with van der Waals surface area (Å²) in [7, 11) is 0. The van der Waals surface area contributed by atoms with Crippen molar-refractivity contribution < 1.29 is 14.6 Å². The van der Waals surface area contributed by atoms with E-state index in [2.05, 4.69) is 9.97 Å². The number of aromatic nitrogens is 2. The summed E-state index contributed by atoms with van der Waals surface area (Å²) in [5, 5.41) is 8.97. The van der Waals surface area contributed by atoms with Gasteiger partial charge in [0, 0.05) is 18.0 Å². The molecule has 86 valence electrons. The molecule has 17 heavy (non-hydrogen) atoms. The molecule has 0 saturated carbocycles. The van der Waals surface area contributed by atoms with Crippen molar-refractivity contribution in [1.82, 2.24) is 9.97 Å². The Hall–Kier alpha value is -2.43. The third-order valence-electron chi connectivity index (χ3n) is 2.27. The van der Waals surface area contributed by atoms with Crippen LogP contribution in [0, 0.1) is 6.92 Å². The van der Waals surface area contributed by atoms with Crippen LogP contribution in [0.1, 0.15) is 15.9 Å². The summed E-state index contributed by atoms with van der Waals surface area (Å²) in [6.07, 6.45) is 4.51. The Morgan fingerprint density at radius 1 is 1.35 bits per heavy atom. The molecule has 2 rings (SSSR count). The largest absolute Gasteiger partial charge is 0.478 e. The van der Waals surface area contributed by atoms with Gasteiger partial charge in [-0.25, -0.2) is 9.78 Å². The third-order valence-corrected chi connectivity index (χ3v) is 2.27. The van der Waals surface area contributed by atoms with Crippen molar-refractivity contribution in [3.63, 3.8) is 0 Å². The molecule has 1 aromatic carbocycles. The maximum atomic E-state index is 10.9. The van der Waals surface area contributed by atoms with Crippen molar-refractivity contribution in [2.24, 2.45) is 0 Å². The number of aromatic carboxylic acids is 1. The maximum Gasteiger partial charge on any atom is 0.336 e. The van der Waals surface area contributed by atoms with Gasteiger partial charge in [0.2, 0.25) is 5.88 Å². The normalized spacial score (nSPS) is 9.94. The highest BCUT2D eigenvalue weighted by Gasteiger charge is 2.11. The average Bonchev–Trinajstić information content (AvgIpc) is 2.33. The smallest absolute Gasteiger partial charge is 0.336 e. The van der Waals surface area contributed by atoms with Gasteiger partial charge >= 0.3 is 5.97 Å². The molecule has 1 aromatic heterocycles. The van der Waals surface area contributed by atoms with E-state index in [9.17, 15) is 4.79 Å². The molecule has 1 N–H and O–H groups in total. The molecule has 0 unspecified atom stereocenters. The Labute approximate surface area is 97.7 Å². The minimum absolute atomic E-state index is 0.214. The highest BCUT2D eigenvalue weighted by molar-refractivity contribution is 5.90. The van der Waals surface area contributed by atoms with Crippen LogP contribution in [0.2, 0.25) is 0 Å². The lowest BCUT2D eigenvalue weighted by atomic mass is 10.1. The molecule has 0 aliphatic carbocycles. The van der Waals surface area contributed by atoms with Gasteiger partial charge in [0.25, 0.3) is 0 Å². The van der Waals surface area contributed by atoms with Crippen LogP contribution in [0.15, 0.2) is 36.8 Å². The zero-order chi connectivity index (χ0) is 12.3. The minimum atomic E-state index is -0.980. The number of rotatable bonds is 3. The van der Waals surface area contributed by atoms with Gasteiger partial charge in [0.1, 0.15) is 5.75 Å². The standard InChI is InChI=1S/C12H10N2O3/c1-8-9(12(15)16)3-2-4-10(8)17-11-7-13-5-6-14-11/h2-7H,1H3,(H,15,16). The van der Waals surface area contributed by atoms with Crippen molar-refractivity contribution in [2.45, 2.75) is 6.92 Å². The second-order valence-electron chi connectivity index (χ2n) is 3.38. The highest BCUT2D eigenvalue weighted by Crippen LogP contribution is 2.25. The van der Waals surface area contributed by atoms with Crippen LogP contribution in [0.25, 0.3) is 0 Å². The van der Waals surface area contributed by atoms with Gasteiger partial charge in [-0.05, 0) is 19.1 Å². The first kappa shape index (κ1) is 11.1. The van der Waals surface area contributed by atoms with Crippen LogP contribution in [0.5, 0.6) is 11.6 Å². The lowest BCUT2D eigenvalue weighted by Crippen LogP contribution is -2.01. The fraction of sp³-hybridized carbons (Fsp3) is 0.0833. The van der Waals surface area contributed by atoms with E-state index in [1.54, 1.807) is 19.1 Å². The third kappa shape index (κ3) is 2.39. The summed E-state index contributed by atoms with van der Waals surface area (Å²) in [4.78, 5) is 18.8. The quantitative estimate of drug-likeness (QED) is 0.875. The molecule has 0 aliphatic heterocycles. The Morgan fingerprint density at radius 2 is 2.18 bits per heavy atom. The van der Waals surface area contributed by atoms with Crippen LogP contribution >= 0.6 is 0 Å². The summed E-state index contributed by atoms with van der Waals surface area (Å²) >= 11 is 0. The summed E-state index contributed by atoms with van der Waals surface area (Å²) in [5.41, 5.74) is 0.775. The summed E-state index contributed by atoms with van der Waals surface area (Å²) in [6.45, 7) is 1.69. The topological polar surface area (TPSA) is 72.3 Å². The lowest BCUT2D eigenvalue weighted by Gasteiger charge is -2.08. The van der Waals surface area contributed by atoms with E-state index in [0.717, 1.165) is 0 Å². The van der Waals surface area contributed by atoms with Crippen LogP contribution < -0.4 is 4.74 Å². The molecule has 0 aliphatic rings. The van der Waals surface area contributed by atoms with Gasteiger partial charge in [-0.1, -0.05) is 6.07 Å². The Balaban J connectivity index is 2.34. The van der Waals surface area contributed by atoms with Crippen LogP contribution in [0.3, 0.4) is 0 Å². The first-order valence-electron chi connectivity index (χ1n) is 4.95. The predicted molar refractivity (Wildman–Crippen MR) is 60.2 cm³/mol. The average molecular weight is 230 g/mol. The number of carboxylic acid groups (broad SMARTS) is 1. The molecule has 5 heteroatoms. The molecule has 0 atom stereocenters. The van der Waals surface area contributed by atoms with Crippen molar-refractivity contribution in [3.05, 3.63) is 47.9 Å². The fourth-order valence-electron chi connectivity index (χ4n) is 1.41. The first-order chi connectivity index (χ1) is 8.18. The molecule has 2 aromatic rings. The Morgan fingerprint density at radius 3 is 2.82 bits per heavy atom. The van der Waals surface area contributed by atoms with Gasteiger partial charge in [0.15, 0.2) is 0 Å². The van der Waals surface area contributed by atoms with Gasteiger partial charge in [0.05, 0.1) is 11.8 Å². The molecular weight excluding hydrogens is 220 g/mol. The number of carboxylic acids is 1. The van der Waals surface area contributed by atoms with Crippen molar-refractivity contribution in [2.75, 3.05) is 0 Å². The summed E-state index contributed by atoms with van der Waals surface area (Å²) in [5.74, 6) is -0.185. The van der Waals surface area contributed by atoms with E-state index in [4.69, 9.17) is 9.84 Å². The van der Waals surface area contributed by atoms with Crippen molar-refractivity contribution in [3.8, 4) is 11.6 Å². The molecule has 0 radical (unpaired) electrons. The predicted octanol–water partition coefficient (Wildman–Crippen LogP) is 2.28. The maximum absolute atomic E-state index is 10.9. The second kappa shape index (κ2) is 4.61. The first-order valence-corrected chi connectivity index (χ1v) is 4.95. The van der Waals surface area contributed by atoms with E-state index >= 15 is 0 Å². The minimum Gasteiger partial charge on any atom is -0.478 e. The monoisotopic (exact) mass is 230 g/mol. The molecule has 0 amide bonds. The number of carbonyl (C=O) groups is 1. The van der Waals surface area contributed by atoms with E-state index in [1.807, 2.05) is 0 Å². The van der Waals surface area contributed by atoms with E-state index in [-0.39, 0.29) is 5.56 Å². The Bertz CT molecular complexity index is 541. The molecule has 0 fully saturated rings. The molecule has 0 spiro atoms. The number of hydrogen-bond acceptors (Lipinski definition) is 4. The fourth-order valence-corrected chi connectivity index (χ4v) is 1.41. The molecule has 1 heterocycles. The highest BCUT2D eigenvalue weighted by atomic mass is 16.5. The SMILES string of the molecule is Cc1c(Oc2cnccn2)cccc1C(=O)O. The molecule has 0 saturated heterocycles. The van der Waals surface area contributed by atoms with Gasteiger partial charge < -0.3 is 9.84 Å². The Kier molecular flexibility index (Phi) is 3.00. The number of ether oxygens (including phenoxy) is 1. The number of nitrogens with zero attached hydrogens (tertiary/aromatic N) is 2. The molecule has 0 bridgehead atoms. The van der Waals surface area contributed by atoms with Gasteiger partial charge in [-0.3, -0.25) is 4.98 Å². The second-order valence-corrected chi connectivity index (χ2v) is 3.38. The molecule has 5 nitrogen and oxygen atoms in total. The summed E-state index contributed by atoms with van der Waals surface area (Å²) < 4.78 is 5.46. The van der Waals surface area contributed by atoms with E-state index < -0.39 is 5.97 Å². The van der Waals surface area contributed by atoms with Crippen LogP contribution in [-0.4, -0.2) is 21.0 Å². The zero-order valence-corrected chi connectivity index (χ0v) is 9.12. The summed E-state index contributed by atoms with van der Waals surface area (Å²) in [6, 6.07) is 4.85. The number of hydrogen-bond donors (Lipinski definition) is 1. The van der Waals surface area contributed by atoms with E-state index in [1.165, 1.54) is 24.7 Å². The van der Waals surface area contributed by atoms with Crippen molar-refractivity contribution >= 4 is 5.97 Å². The molecular formula is C12H10N2O3. The van der Waals surface area contributed by atoms with E-state index in [0.29, 0.717) is 17.2 Å². The van der Waals surface area contributed by atoms with Crippen LogP contribution in [0.4, 0.5) is 0 Å². The van der Waals surface area contributed by atoms with Crippen molar-refractivity contribution in [1.29, 1.82) is 0 Å². The van der Waals surface area contributed by atoms with Gasteiger partial charge in [-0.15, -0.1) is 0 Å². The number of benzene rings is 1.